The maximum absolute atomic E-state index is 6.06. The Balaban J connectivity index is 1.83. The number of rotatable bonds is 5. The van der Waals surface area contributed by atoms with E-state index in [1.807, 2.05) is 0 Å². The zero-order valence-corrected chi connectivity index (χ0v) is 11.4. The van der Waals surface area contributed by atoms with Gasteiger partial charge in [0.05, 0.1) is 7.05 Å². The fourth-order valence-electron chi connectivity index (χ4n) is 1.61. The van der Waals surface area contributed by atoms with Crippen LogP contribution in [0.25, 0.3) is 0 Å². The maximum Gasteiger partial charge on any atom is 0.176 e. The zero-order valence-electron chi connectivity index (χ0n) is 10.6. The molecule has 2 N–H and O–H groups in total. The van der Waals surface area contributed by atoms with E-state index < -0.39 is 0 Å². The number of aromatic nitrogens is 4. The van der Waals surface area contributed by atoms with Crippen molar-refractivity contribution in [3.05, 3.63) is 35.7 Å². The number of hydrogen-bond acceptors (Lipinski definition) is 5. The molecule has 5 nitrogen and oxygen atoms in total. The summed E-state index contributed by atoms with van der Waals surface area (Å²) in [6, 6.07) is 8.46. The summed E-state index contributed by atoms with van der Waals surface area (Å²) in [6.45, 7) is 2.09. The Morgan fingerprint density at radius 3 is 2.94 bits per heavy atom. The van der Waals surface area contributed by atoms with E-state index in [2.05, 4.69) is 46.6 Å². The number of tetrazole rings is 1. The van der Waals surface area contributed by atoms with Crippen molar-refractivity contribution < 1.29 is 0 Å². The highest BCUT2D eigenvalue weighted by Gasteiger charge is 2.09. The van der Waals surface area contributed by atoms with Gasteiger partial charge in [-0.3, -0.25) is 0 Å². The van der Waals surface area contributed by atoms with Gasteiger partial charge in [0.1, 0.15) is 0 Å². The number of aryl methyl sites for hydroxylation is 2. The first-order chi connectivity index (χ1) is 8.63. The van der Waals surface area contributed by atoms with Crippen LogP contribution in [-0.2, 0) is 13.5 Å². The van der Waals surface area contributed by atoms with Gasteiger partial charge < -0.3 is 5.73 Å². The lowest BCUT2D eigenvalue weighted by molar-refractivity contribution is 0.624. The summed E-state index contributed by atoms with van der Waals surface area (Å²) < 4.78 is 0. The van der Waals surface area contributed by atoms with Crippen molar-refractivity contribution in [1.29, 1.82) is 0 Å². The van der Waals surface area contributed by atoms with Gasteiger partial charge in [0.25, 0.3) is 0 Å². The first kappa shape index (κ1) is 13.0. The van der Waals surface area contributed by atoms with Gasteiger partial charge in [-0.05, 0) is 24.3 Å². The Hall–Kier alpha value is -1.40. The molecule has 0 saturated heterocycles. The van der Waals surface area contributed by atoms with Gasteiger partial charge in [0.15, 0.2) is 5.82 Å². The molecule has 6 heteroatoms. The van der Waals surface area contributed by atoms with E-state index in [0.717, 1.165) is 5.75 Å². The van der Waals surface area contributed by atoms with E-state index in [4.69, 9.17) is 5.73 Å². The van der Waals surface area contributed by atoms with Crippen LogP contribution in [0.1, 0.15) is 11.4 Å². The Kier molecular flexibility index (Phi) is 4.33. The van der Waals surface area contributed by atoms with Gasteiger partial charge in [-0.1, -0.05) is 17.7 Å². The number of thioether (sulfide) groups is 1. The molecular formula is C12H17N5S. The third kappa shape index (κ3) is 3.82. The second-order valence-electron chi connectivity index (χ2n) is 4.29. The molecule has 0 aliphatic rings. The molecule has 0 bridgehead atoms. The zero-order chi connectivity index (χ0) is 13.0. The first-order valence-electron chi connectivity index (χ1n) is 5.81. The van der Waals surface area contributed by atoms with Crippen molar-refractivity contribution >= 4 is 11.8 Å². The molecule has 0 fully saturated rings. The molecule has 0 saturated carbocycles. The average Bonchev–Trinajstić information content (AvgIpc) is 2.72. The topological polar surface area (TPSA) is 69.6 Å². The van der Waals surface area contributed by atoms with Gasteiger partial charge >= 0.3 is 0 Å². The predicted molar refractivity (Wildman–Crippen MR) is 72.4 cm³/mol. The summed E-state index contributed by atoms with van der Waals surface area (Å²) in [5, 5.41) is 11.9. The van der Waals surface area contributed by atoms with Gasteiger partial charge in [0.2, 0.25) is 0 Å². The predicted octanol–water partition coefficient (Wildman–Crippen LogP) is 1.18. The molecule has 0 radical (unpaired) electrons. The summed E-state index contributed by atoms with van der Waals surface area (Å²) in [4.78, 5) is 2.70. The minimum absolute atomic E-state index is 0.0414. The van der Waals surface area contributed by atoms with Crippen LogP contribution in [0, 0.1) is 6.92 Å². The summed E-state index contributed by atoms with van der Waals surface area (Å²) in [5.41, 5.74) is 7.33. The third-order valence-corrected chi connectivity index (χ3v) is 3.63. The molecule has 1 aromatic carbocycles. The molecule has 18 heavy (non-hydrogen) atoms. The van der Waals surface area contributed by atoms with Crippen LogP contribution in [0.3, 0.4) is 0 Å². The fourth-order valence-corrected chi connectivity index (χ4v) is 2.58. The Labute approximate surface area is 111 Å². The van der Waals surface area contributed by atoms with Gasteiger partial charge in [0, 0.05) is 23.1 Å². The minimum Gasteiger partial charge on any atom is -0.327 e. The Bertz CT molecular complexity index is 511. The Morgan fingerprint density at radius 1 is 1.44 bits per heavy atom. The number of hydrogen-bond donors (Lipinski definition) is 1. The lowest BCUT2D eigenvalue weighted by Gasteiger charge is -2.08. The molecule has 1 heterocycles. The number of nitrogens with zero attached hydrogens (tertiary/aromatic N) is 4. The largest absolute Gasteiger partial charge is 0.327 e. The first-order valence-corrected chi connectivity index (χ1v) is 6.80. The smallest absolute Gasteiger partial charge is 0.176 e. The van der Waals surface area contributed by atoms with Crippen LogP contribution in [-0.4, -0.2) is 32.0 Å². The van der Waals surface area contributed by atoms with E-state index in [-0.39, 0.29) is 6.04 Å². The molecule has 0 spiro atoms. The molecule has 96 valence electrons. The normalized spacial score (nSPS) is 12.6. The van der Waals surface area contributed by atoms with Crippen LogP contribution in [0.5, 0.6) is 0 Å². The second kappa shape index (κ2) is 5.97. The van der Waals surface area contributed by atoms with Crippen LogP contribution in [0.2, 0.25) is 0 Å². The second-order valence-corrected chi connectivity index (χ2v) is 5.38. The summed E-state index contributed by atoms with van der Waals surface area (Å²) >= 11 is 1.76. The van der Waals surface area contributed by atoms with Crippen molar-refractivity contribution in [2.45, 2.75) is 24.3 Å². The third-order valence-electron chi connectivity index (χ3n) is 2.45. The fraction of sp³-hybridized carbons (Fsp3) is 0.417. The standard InChI is InChI=1S/C12H17N5S/c1-9-4-3-5-11(6-9)18-8-10(13)7-12-14-16-17(2)15-12/h3-6,10H,7-8,13H2,1-2H3. The van der Waals surface area contributed by atoms with Crippen molar-refractivity contribution in [2.24, 2.45) is 12.8 Å². The van der Waals surface area contributed by atoms with E-state index in [1.54, 1.807) is 18.8 Å². The molecule has 0 amide bonds. The van der Waals surface area contributed by atoms with Gasteiger partial charge in [-0.25, -0.2) is 0 Å². The van der Waals surface area contributed by atoms with Crippen LogP contribution in [0.4, 0.5) is 0 Å². The van der Waals surface area contributed by atoms with Crippen molar-refractivity contribution in [3.63, 3.8) is 0 Å². The number of benzene rings is 1. The monoisotopic (exact) mass is 263 g/mol. The summed E-state index contributed by atoms with van der Waals surface area (Å²) in [7, 11) is 1.75. The molecule has 1 atom stereocenters. The number of nitrogens with two attached hydrogens (primary N) is 1. The lowest BCUT2D eigenvalue weighted by Crippen LogP contribution is -2.26. The SMILES string of the molecule is Cc1cccc(SCC(N)Cc2nnn(C)n2)c1. The molecular weight excluding hydrogens is 246 g/mol. The summed E-state index contributed by atoms with van der Waals surface area (Å²) in [6.07, 6.45) is 0.659. The molecule has 0 aliphatic carbocycles. The molecule has 0 aliphatic heterocycles. The highest BCUT2D eigenvalue weighted by Crippen LogP contribution is 2.19. The average molecular weight is 263 g/mol. The lowest BCUT2D eigenvalue weighted by atomic mass is 10.2. The van der Waals surface area contributed by atoms with E-state index in [0.29, 0.717) is 12.2 Å². The maximum atomic E-state index is 6.06. The van der Waals surface area contributed by atoms with E-state index in [9.17, 15) is 0 Å². The van der Waals surface area contributed by atoms with Crippen molar-refractivity contribution in [2.75, 3.05) is 5.75 Å². The quantitative estimate of drug-likeness (QED) is 0.820. The minimum atomic E-state index is 0.0414. The highest BCUT2D eigenvalue weighted by atomic mass is 32.2. The van der Waals surface area contributed by atoms with Gasteiger partial charge in [-0.15, -0.1) is 22.0 Å². The molecule has 2 rings (SSSR count). The van der Waals surface area contributed by atoms with E-state index >= 15 is 0 Å². The van der Waals surface area contributed by atoms with E-state index in [1.165, 1.54) is 15.3 Å². The summed E-state index contributed by atoms with van der Waals surface area (Å²) in [5.74, 6) is 1.55. The Morgan fingerprint density at radius 2 is 2.28 bits per heavy atom. The van der Waals surface area contributed by atoms with Crippen molar-refractivity contribution in [3.8, 4) is 0 Å². The van der Waals surface area contributed by atoms with Gasteiger partial charge in [-0.2, -0.15) is 4.80 Å². The molecule has 1 unspecified atom stereocenters. The molecule has 2 aromatic rings. The van der Waals surface area contributed by atoms with Crippen LogP contribution < -0.4 is 5.73 Å². The highest BCUT2D eigenvalue weighted by molar-refractivity contribution is 7.99. The molecule has 1 aromatic heterocycles. The van der Waals surface area contributed by atoms with Crippen molar-refractivity contribution in [1.82, 2.24) is 20.2 Å². The van der Waals surface area contributed by atoms with Crippen LogP contribution in [0.15, 0.2) is 29.2 Å². The van der Waals surface area contributed by atoms with Crippen LogP contribution >= 0.6 is 11.8 Å².